The fourth-order valence-corrected chi connectivity index (χ4v) is 6.06. The van der Waals surface area contributed by atoms with Crippen LogP contribution in [-0.2, 0) is 19.6 Å². The van der Waals surface area contributed by atoms with E-state index < -0.39 is 10.0 Å². The van der Waals surface area contributed by atoms with Gasteiger partial charge in [-0.2, -0.15) is 0 Å². The molecule has 1 aliphatic heterocycles. The van der Waals surface area contributed by atoms with Gasteiger partial charge in [0.25, 0.3) is 0 Å². The lowest BCUT2D eigenvalue weighted by Gasteiger charge is -2.38. The largest absolute Gasteiger partial charge is 0.342 e. The van der Waals surface area contributed by atoms with Crippen molar-refractivity contribution in [1.82, 2.24) is 9.62 Å². The zero-order valence-electron chi connectivity index (χ0n) is 18.8. The molecule has 172 valence electrons. The normalized spacial score (nSPS) is 27.0. The fraction of sp³-hybridized carbons (Fsp3) is 0.652. The van der Waals surface area contributed by atoms with E-state index in [1.54, 1.807) is 12.1 Å². The van der Waals surface area contributed by atoms with Crippen LogP contribution in [0.4, 0.5) is 5.69 Å². The summed E-state index contributed by atoms with van der Waals surface area (Å²) in [6.45, 7) is 7.95. The molecule has 1 aromatic rings. The Kier molecular flexibility index (Phi) is 7.75. The molecule has 8 heteroatoms. The van der Waals surface area contributed by atoms with Gasteiger partial charge in [-0.05, 0) is 74.1 Å². The molecular weight excluding hydrogens is 414 g/mol. The molecule has 7 nitrogen and oxygen atoms in total. The van der Waals surface area contributed by atoms with Gasteiger partial charge in [-0.15, -0.1) is 0 Å². The Morgan fingerprint density at radius 2 is 1.58 bits per heavy atom. The van der Waals surface area contributed by atoms with Gasteiger partial charge >= 0.3 is 0 Å². The number of sulfonamides is 1. The van der Waals surface area contributed by atoms with Gasteiger partial charge in [0.1, 0.15) is 0 Å². The first-order valence-electron chi connectivity index (χ1n) is 11.3. The van der Waals surface area contributed by atoms with Gasteiger partial charge in [0, 0.05) is 38.2 Å². The lowest BCUT2D eigenvalue weighted by atomic mass is 9.80. The number of carbonyl (C=O) groups excluding carboxylic acids is 2. The van der Waals surface area contributed by atoms with E-state index in [0.717, 1.165) is 38.8 Å². The van der Waals surface area contributed by atoms with E-state index in [2.05, 4.69) is 28.8 Å². The second-order valence-corrected chi connectivity index (χ2v) is 11.2. The number of amides is 2. The summed E-state index contributed by atoms with van der Waals surface area (Å²) in [5.41, 5.74) is 0.562. The minimum absolute atomic E-state index is 0.0756. The Balaban J connectivity index is 1.47. The number of rotatable bonds is 6. The second-order valence-electron chi connectivity index (χ2n) is 9.46. The van der Waals surface area contributed by atoms with Gasteiger partial charge in [-0.3, -0.25) is 9.59 Å². The first-order chi connectivity index (χ1) is 14.6. The van der Waals surface area contributed by atoms with Crippen LogP contribution in [0, 0.1) is 23.7 Å². The van der Waals surface area contributed by atoms with Gasteiger partial charge in [0.2, 0.25) is 21.8 Å². The van der Waals surface area contributed by atoms with Crippen molar-refractivity contribution in [2.45, 2.75) is 57.8 Å². The quantitative estimate of drug-likeness (QED) is 0.697. The summed E-state index contributed by atoms with van der Waals surface area (Å²) < 4.78 is 27.9. The predicted octanol–water partition coefficient (Wildman–Crippen LogP) is 3.23. The number of nitrogens with one attached hydrogen (secondary N) is 2. The third-order valence-corrected chi connectivity index (χ3v) is 7.86. The Morgan fingerprint density at radius 1 is 1.00 bits per heavy atom. The number of benzene rings is 1. The van der Waals surface area contributed by atoms with Crippen LogP contribution < -0.4 is 10.0 Å². The highest BCUT2D eigenvalue weighted by molar-refractivity contribution is 7.89. The summed E-state index contributed by atoms with van der Waals surface area (Å²) in [7, 11) is -3.60. The average Bonchev–Trinajstić information content (AvgIpc) is 2.71. The van der Waals surface area contributed by atoms with Crippen LogP contribution in [0.5, 0.6) is 0 Å². The number of hydrogen-bond acceptors (Lipinski definition) is 4. The summed E-state index contributed by atoms with van der Waals surface area (Å²) in [5, 5.41) is 2.62. The van der Waals surface area contributed by atoms with Crippen molar-refractivity contribution in [1.29, 1.82) is 0 Å². The zero-order chi connectivity index (χ0) is 22.6. The molecule has 1 heterocycles. The van der Waals surface area contributed by atoms with E-state index in [9.17, 15) is 18.0 Å². The van der Waals surface area contributed by atoms with Crippen LogP contribution in [0.1, 0.15) is 52.9 Å². The maximum Gasteiger partial charge on any atom is 0.240 e. The van der Waals surface area contributed by atoms with Crippen LogP contribution in [0.25, 0.3) is 0 Å². The van der Waals surface area contributed by atoms with E-state index >= 15 is 0 Å². The summed E-state index contributed by atoms with van der Waals surface area (Å²) in [4.78, 5) is 26.3. The molecule has 1 aliphatic carbocycles. The average molecular weight is 450 g/mol. The van der Waals surface area contributed by atoms with E-state index in [0.29, 0.717) is 24.1 Å². The summed E-state index contributed by atoms with van der Waals surface area (Å²) in [6, 6.07) is 6.14. The van der Waals surface area contributed by atoms with E-state index in [1.165, 1.54) is 25.5 Å². The first kappa shape index (κ1) is 23.7. The SMILES string of the molecule is CC(=O)Nc1ccc(S(=O)(=O)NCC2CCC(C(=O)N3C[C@@H](C)C[C@H](C)C3)CC2)cc1. The van der Waals surface area contributed by atoms with Gasteiger partial charge in [0.15, 0.2) is 0 Å². The Hall–Kier alpha value is -1.93. The monoisotopic (exact) mass is 449 g/mol. The van der Waals surface area contributed by atoms with Gasteiger partial charge < -0.3 is 10.2 Å². The van der Waals surface area contributed by atoms with Gasteiger partial charge in [-0.1, -0.05) is 13.8 Å². The molecule has 0 spiro atoms. The number of piperidine rings is 1. The highest BCUT2D eigenvalue weighted by atomic mass is 32.2. The molecule has 31 heavy (non-hydrogen) atoms. The maximum atomic E-state index is 12.9. The van der Waals surface area contributed by atoms with E-state index in [4.69, 9.17) is 0 Å². The van der Waals surface area contributed by atoms with Crippen LogP contribution in [0.15, 0.2) is 29.2 Å². The highest BCUT2D eigenvalue weighted by Crippen LogP contribution is 2.32. The molecule has 2 aliphatic rings. The van der Waals surface area contributed by atoms with Crippen molar-refractivity contribution in [3.63, 3.8) is 0 Å². The molecule has 2 atom stereocenters. The molecule has 0 radical (unpaired) electrons. The maximum absolute atomic E-state index is 12.9. The minimum Gasteiger partial charge on any atom is -0.342 e. The van der Waals surface area contributed by atoms with Crippen LogP contribution in [-0.4, -0.2) is 44.8 Å². The predicted molar refractivity (Wildman–Crippen MR) is 121 cm³/mol. The zero-order valence-corrected chi connectivity index (χ0v) is 19.6. The molecular formula is C23H35N3O4S. The van der Waals surface area contributed by atoms with Crippen molar-refractivity contribution >= 4 is 27.5 Å². The number of anilines is 1. The topological polar surface area (TPSA) is 95.6 Å². The lowest BCUT2D eigenvalue weighted by molar-refractivity contribution is -0.139. The molecule has 0 unspecified atom stereocenters. The molecule has 3 rings (SSSR count). The number of nitrogens with zero attached hydrogens (tertiary/aromatic N) is 1. The second kappa shape index (κ2) is 10.1. The number of hydrogen-bond donors (Lipinski definition) is 2. The van der Waals surface area contributed by atoms with E-state index in [-0.39, 0.29) is 28.5 Å². The molecule has 1 aromatic carbocycles. The molecule has 0 bridgehead atoms. The molecule has 2 N–H and O–H groups in total. The molecule has 2 amide bonds. The standard InChI is InChI=1S/C23H35N3O4S/c1-16-12-17(2)15-26(14-16)23(28)20-6-4-19(5-7-20)13-24-31(29,30)22-10-8-21(9-11-22)25-18(3)27/h8-11,16-17,19-20,24H,4-7,12-15H2,1-3H3,(H,25,27)/t16-,17-,19?,20?/m0/s1. The lowest BCUT2D eigenvalue weighted by Crippen LogP contribution is -2.46. The number of likely N-dealkylation sites (tertiary alicyclic amines) is 1. The Bertz CT molecular complexity index is 867. The smallest absolute Gasteiger partial charge is 0.240 e. The molecule has 1 saturated heterocycles. The van der Waals surface area contributed by atoms with Crippen molar-refractivity contribution in [3.05, 3.63) is 24.3 Å². The molecule has 1 saturated carbocycles. The summed E-state index contributed by atoms with van der Waals surface area (Å²) >= 11 is 0. The fourth-order valence-electron chi connectivity index (χ4n) is 4.95. The molecule has 0 aromatic heterocycles. The third kappa shape index (κ3) is 6.53. The summed E-state index contributed by atoms with van der Waals surface area (Å²) in [6.07, 6.45) is 4.57. The van der Waals surface area contributed by atoms with Crippen LogP contribution in [0.2, 0.25) is 0 Å². The first-order valence-corrected chi connectivity index (χ1v) is 12.8. The minimum atomic E-state index is -3.60. The summed E-state index contributed by atoms with van der Waals surface area (Å²) in [5.74, 6) is 1.53. The van der Waals surface area contributed by atoms with E-state index in [1.807, 2.05) is 0 Å². The van der Waals surface area contributed by atoms with Crippen LogP contribution >= 0.6 is 0 Å². The van der Waals surface area contributed by atoms with Gasteiger partial charge in [-0.25, -0.2) is 13.1 Å². The van der Waals surface area contributed by atoms with Crippen molar-refractivity contribution in [2.24, 2.45) is 23.7 Å². The van der Waals surface area contributed by atoms with Crippen molar-refractivity contribution in [2.75, 3.05) is 25.0 Å². The van der Waals surface area contributed by atoms with Crippen LogP contribution in [0.3, 0.4) is 0 Å². The number of carbonyl (C=O) groups is 2. The Labute approximate surface area is 186 Å². The Morgan fingerprint density at radius 3 is 2.13 bits per heavy atom. The molecule has 2 fully saturated rings. The van der Waals surface area contributed by atoms with Gasteiger partial charge in [0.05, 0.1) is 4.90 Å². The highest BCUT2D eigenvalue weighted by Gasteiger charge is 2.33. The van der Waals surface area contributed by atoms with Crippen molar-refractivity contribution in [3.8, 4) is 0 Å². The van der Waals surface area contributed by atoms with Crippen molar-refractivity contribution < 1.29 is 18.0 Å². The third-order valence-electron chi connectivity index (χ3n) is 6.42.